The van der Waals surface area contributed by atoms with E-state index in [4.69, 9.17) is 9.47 Å². The summed E-state index contributed by atoms with van der Waals surface area (Å²) in [4.78, 5) is 40.1. The number of carbonyl (C=O) groups is 3. The SMILES string of the molecule is CC(NC(=O)OCCc1ccc(NC(=O)c2cncc(Br)c2)cc1)OC(=O)NC1CCCCC1. The molecule has 1 heterocycles. The van der Waals surface area contributed by atoms with Crippen molar-refractivity contribution in [2.24, 2.45) is 0 Å². The minimum atomic E-state index is -0.806. The highest BCUT2D eigenvalue weighted by atomic mass is 79.9. The lowest BCUT2D eigenvalue weighted by Gasteiger charge is -2.23. The molecule has 182 valence electrons. The lowest BCUT2D eigenvalue weighted by atomic mass is 9.96. The summed E-state index contributed by atoms with van der Waals surface area (Å²) in [6.45, 7) is 1.72. The molecule has 1 aromatic heterocycles. The van der Waals surface area contributed by atoms with Crippen LogP contribution in [0.4, 0.5) is 15.3 Å². The van der Waals surface area contributed by atoms with Gasteiger partial charge in [-0.2, -0.15) is 0 Å². The molecule has 1 fully saturated rings. The Balaban J connectivity index is 1.34. The van der Waals surface area contributed by atoms with Gasteiger partial charge in [0.1, 0.15) is 0 Å². The predicted octanol–water partition coefficient (Wildman–Crippen LogP) is 4.77. The first kappa shape index (κ1) is 25.5. The minimum Gasteiger partial charge on any atom is -0.449 e. The molecule has 0 spiro atoms. The summed E-state index contributed by atoms with van der Waals surface area (Å²) in [5.41, 5.74) is 2.03. The highest BCUT2D eigenvalue weighted by molar-refractivity contribution is 9.10. The van der Waals surface area contributed by atoms with Crippen molar-refractivity contribution in [2.45, 2.75) is 57.7 Å². The van der Waals surface area contributed by atoms with Gasteiger partial charge in [0.2, 0.25) is 0 Å². The molecule has 1 saturated carbocycles. The third kappa shape index (κ3) is 8.66. The van der Waals surface area contributed by atoms with Crippen molar-refractivity contribution in [1.29, 1.82) is 0 Å². The molecule has 0 aliphatic heterocycles. The molecule has 1 aliphatic carbocycles. The van der Waals surface area contributed by atoms with Gasteiger partial charge in [-0.15, -0.1) is 0 Å². The van der Waals surface area contributed by atoms with E-state index in [1.54, 1.807) is 31.3 Å². The topological polar surface area (TPSA) is 119 Å². The molecule has 3 amide bonds. The number of hydrogen-bond acceptors (Lipinski definition) is 6. The Bertz CT molecular complexity index is 980. The second-order valence-corrected chi connectivity index (χ2v) is 9.02. The van der Waals surface area contributed by atoms with Gasteiger partial charge in [-0.25, -0.2) is 9.59 Å². The average molecular weight is 533 g/mol. The molecule has 2 aromatic rings. The van der Waals surface area contributed by atoms with Crippen molar-refractivity contribution < 1.29 is 23.9 Å². The number of aromatic nitrogens is 1. The highest BCUT2D eigenvalue weighted by Crippen LogP contribution is 2.17. The summed E-state index contributed by atoms with van der Waals surface area (Å²) in [5.74, 6) is -0.259. The molecule has 1 aliphatic rings. The largest absolute Gasteiger partial charge is 0.449 e. The smallest absolute Gasteiger partial charge is 0.409 e. The van der Waals surface area contributed by atoms with E-state index in [2.05, 4.69) is 36.9 Å². The van der Waals surface area contributed by atoms with Crippen LogP contribution in [0.25, 0.3) is 0 Å². The van der Waals surface area contributed by atoms with Crippen LogP contribution in [-0.2, 0) is 15.9 Å². The van der Waals surface area contributed by atoms with Crippen LogP contribution in [0.3, 0.4) is 0 Å². The molecular weight excluding hydrogens is 504 g/mol. The van der Waals surface area contributed by atoms with Crippen molar-refractivity contribution in [1.82, 2.24) is 15.6 Å². The van der Waals surface area contributed by atoms with Crippen molar-refractivity contribution in [3.05, 3.63) is 58.3 Å². The van der Waals surface area contributed by atoms with Crippen LogP contribution < -0.4 is 16.0 Å². The maximum Gasteiger partial charge on any atom is 0.409 e. The van der Waals surface area contributed by atoms with Crippen LogP contribution in [-0.4, -0.2) is 42.0 Å². The van der Waals surface area contributed by atoms with Crippen LogP contribution in [0.1, 0.15) is 54.9 Å². The Morgan fingerprint density at radius 3 is 2.53 bits per heavy atom. The lowest BCUT2D eigenvalue weighted by Crippen LogP contribution is -2.42. The van der Waals surface area contributed by atoms with Gasteiger partial charge < -0.3 is 20.1 Å². The van der Waals surface area contributed by atoms with Gasteiger partial charge in [0.25, 0.3) is 5.91 Å². The second-order valence-electron chi connectivity index (χ2n) is 8.10. The Morgan fingerprint density at radius 2 is 1.82 bits per heavy atom. The quantitative estimate of drug-likeness (QED) is 0.421. The number of amides is 3. The summed E-state index contributed by atoms with van der Waals surface area (Å²) in [6, 6.07) is 9.07. The standard InChI is InChI=1S/C24H29BrN4O5/c1-16(34-24(32)29-20-5-3-2-4-6-20)27-23(31)33-12-11-17-7-9-21(10-8-17)28-22(30)18-13-19(25)15-26-14-18/h7-10,13-16,20H,2-6,11-12H2,1H3,(H,27,31)(H,28,30)(H,29,32). The fraction of sp³-hybridized carbons (Fsp3) is 0.417. The molecule has 10 heteroatoms. The van der Waals surface area contributed by atoms with Gasteiger partial charge in [-0.05, 0) is 59.5 Å². The number of halogens is 1. The normalized spacial score (nSPS) is 14.5. The van der Waals surface area contributed by atoms with E-state index in [-0.39, 0.29) is 18.6 Å². The molecule has 0 radical (unpaired) electrons. The fourth-order valence-electron chi connectivity index (χ4n) is 3.60. The van der Waals surface area contributed by atoms with Crippen LogP contribution in [0.2, 0.25) is 0 Å². The second kappa shape index (κ2) is 12.9. The van der Waals surface area contributed by atoms with Gasteiger partial charge in [0.05, 0.1) is 12.2 Å². The number of anilines is 1. The van der Waals surface area contributed by atoms with Crippen molar-refractivity contribution >= 4 is 39.7 Å². The Morgan fingerprint density at radius 1 is 1.09 bits per heavy atom. The average Bonchev–Trinajstić information content (AvgIpc) is 2.80. The number of pyridine rings is 1. The van der Waals surface area contributed by atoms with Crippen LogP contribution in [0, 0.1) is 0 Å². The Hall–Kier alpha value is -3.14. The number of carbonyl (C=O) groups excluding carboxylic acids is 3. The molecule has 1 atom stereocenters. The number of alkyl carbamates (subject to hydrolysis) is 2. The summed E-state index contributed by atoms with van der Waals surface area (Å²) in [6.07, 6.45) is 6.90. The monoisotopic (exact) mass is 532 g/mol. The zero-order chi connectivity index (χ0) is 24.3. The van der Waals surface area contributed by atoms with Crippen molar-refractivity contribution in [3.63, 3.8) is 0 Å². The maximum atomic E-state index is 12.3. The maximum absolute atomic E-state index is 12.3. The number of nitrogens with zero attached hydrogens (tertiary/aromatic N) is 1. The van der Waals surface area contributed by atoms with Gasteiger partial charge in [-0.3, -0.25) is 15.1 Å². The first-order chi connectivity index (χ1) is 16.4. The van der Waals surface area contributed by atoms with E-state index in [9.17, 15) is 14.4 Å². The van der Waals surface area contributed by atoms with Crippen LogP contribution in [0.15, 0.2) is 47.2 Å². The summed E-state index contributed by atoms with van der Waals surface area (Å²) >= 11 is 3.29. The van der Waals surface area contributed by atoms with E-state index < -0.39 is 18.4 Å². The molecule has 0 saturated heterocycles. The van der Waals surface area contributed by atoms with Crippen molar-refractivity contribution in [3.8, 4) is 0 Å². The summed E-state index contributed by atoms with van der Waals surface area (Å²) < 4.78 is 11.1. The number of ether oxygens (including phenoxy) is 2. The molecule has 0 bridgehead atoms. The van der Waals surface area contributed by atoms with Crippen molar-refractivity contribution in [2.75, 3.05) is 11.9 Å². The van der Waals surface area contributed by atoms with Gasteiger partial charge >= 0.3 is 12.2 Å². The zero-order valence-corrected chi connectivity index (χ0v) is 20.6. The third-order valence-electron chi connectivity index (χ3n) is 5.33. The molecule has 9 nitrogen and oxygen atoms in total. The van der Waals surface area contributed by atoms with Gasteiger partial charge in [0.15, 0.2) is 6.23 Å². The number of hydrogen-bond donors (Lipinski definition) is 3. The van der Waals surface area contributed by atoms with E-state index in [1.165, 1.54) is 12.6 Å². The molecule has 1 aromatic carbocycles. The molecular formula is C24H29BrN4O5. The number of nitrogens with one attached hydrogen (secondary N) is 3. The number of benzene rings is 1. The summed E-state index contributed by atoms with van der Waals surface area (Å²) in [7, 11) is 0. The van der Waals surface area contributed by atoms with E-state index in [0.29, 0.717) is 17.7 Å². The van der Waals surface area contributed by atoms with E-state index in [1.807, 2.05) is 12.1 Å². The fourth-order valence-corrected chi connectivity index (χ4v) is 3.97. The van der Waals surface area contributed by atoms with E-state index in [0.717, 1.165) is 35.7 Å². The highest BCUT2D eigenvalue weighted by Gasteiger charge is 2.18. The van der Waals surface area contributed by atoms with Gasteiger partial charge in [-0.1, -0.05) is 31.4 Å². The minimum absolute atomic E-state index is 0.137. The molecule has 34 heavy (non-hydrogen) atoms. The molecule has 1 unspecified atom stereocenters. The van der Waals surface area contributed by atoms with E-state index >= 15 is 0 Å². The number of rotatable bonds is 8. The zero-order valence-electron chi connectivity index (χ0n) is 19.0. The predicted molar refractivity (Wildman–Crippen MR) is 130 cm³/mol. The first-order valence-electron chi connectivity index (χ1n) is 11.3. The Kier molecular flexibility index (Phi) is 9.69. The first-order valence-corrected chi connectivity index (χ1v) is 12.1. The van der Waals surface area contributed by atoms with Gasteiger partial charge in [0, 0.05) is 35.0 Å². The van der Waals surface area contributed by atoms with Crippen LogP contribution >= 0.6 is 15.9 Å². The third-order valence-corrected chi connectivity index (χ3v) is 5.77. The molecule has 3 rings (SSSR count). The lowest BCUT2D eigenvalue weighted by molar-refractivity contribution is 0.0740. The molecule has 3 N–H and O–H groups in total. The Labute approximate surface area is 207 Å². The summed E-state index contributed by atoms with van der Waals surface area (Å²) in [5, 5.41) is 8.12. The van der Waals surface area contributed by atoms with Crippen LogP contribution in [0.5, 0.6) is 0 Å².